The first-order valence-corrected chi connectivity index (χ1v) is 5.98. The summed E-state index contributed by atoms with van der Waals surface area (Å²) in [5.41, 5.74) is 1.12. The van der Waals surface area contributed by atoms with Gasteiger partial charge in [-0.3, -0.25) is 0 Å². The molecule has 0 N–H and O–H groups in total. The van der Waals surface area contributed by atoms with Crippen LogP contribution in [0.15, 0.2) is 12.4 Å². The lowest BCUT2D eigenvalue weighted by molar-refractivity contribution is 0.313. The van der Waals surface area contributed by atoms with Crippen molar-refractivity contribution in [1.82, 2.24) is 14.9 Å². The van der Waals surface area contributed by atoms with Gasteiger partial charge in [0.15, 0.2) is 0 Å². The molecule has 1 fully saturated rings. The fourth-order valence-electron chi connectivity index (χ4n) is 2.04. The van der Waals surface area contributed by atoms with Crippen LogP contribution >= 0.6 is 0 Å². The third-order valence-electron chi connectivity index (χ3n) is 2.99. The minimum atomic E-state index is 0.884. The maximum absolute atomic E-state index is 4.39. The summed E-state index contributed by atoms with van der Waals surface area (Å²) in [7, 11) is 2.19. The number of rotatable bonds is 1. The summed E-state index contributed by atoms with van der Waals surface area (Å²) >= 11 is 0. The van der Waals surface area contributed by atoms with Gasteiger partial charge >= 0.3 is 0 Å². The Morgan fingerprint density at radius 2 is 1.56 bits per heavy atom. The SMILES string of the molecule is Cc1cnc(N2CCCN(C)CCC2)nc1. The molecule has 0 unspecified atom stereocenters. The van der Waals surface area contributed by atoms with Crippen LogP contribution in [-0.2, 0) is 0 Å². The molecular weight excluding hydrogens is 200 g/mol. The number of aryl methyl sites for hydroxylation is 1. The highest BCUT2D eigenvalue weighted by molar-refractivity contribution is 5.29. The lowest BCUT2D eigenvalue weighted by Gasteiger charge is -2.28. The highest BCUT2D eigenvalue weighted by Crippen LogP contribution is 2.10. The summed E-state index contributed by atoms with van der Waals surface area (Å²) in [6.45, 7) is 6.48. The van der Waals surface area contributed by atoms with Crippen LogP contribution in [0, 0.1) is 6.92 Å². The molecule has 0 aliphatic carbocycles. The molecular formula is C12H20N4. The quantitative estimate of drug-likeness (QED) is 0.714. The van der Waals surface area contributed by atoms with Crippen LogP contribution in [0.25, 0.3) is 0 Å². The monoisotopic (exact) mass is 220 g/mol. The van der Waals surface area contributed by atoms with Crippen molar-refractivity contribution in [2.75, 3.05) is 38.1 Å². The van der Waals surface area contributed by atoms with Gasteiger partial charge in [0.05, 0.1) is 0 Å². The Hall–Kier alpha value is -1.16. The number of hydrogen-bond donors (Lipinski definition) is 0. The van der Waals surface area contributed by atoms with E-state index < -0.39 is 0 Å². The molecule has 1 aromatic rings. The van der Waals surface area contributed by atoms with E-state index in [0.29, 0.717) is 0 Å². The number of anilines is 1. The van der Waals surface area contributed by atoms with Gasteiger partial charge < -0.3 is 9.80 Å². The Morgan fingerprint density at radius 1 is 1.00 bits per heavy atom. The van der Waals surface area contributed by atoms with Crippen molar-refractivity contribution >= 4 is 5.95 Å². The van der Waals surface area contributed by atoms with Crippen molar-refractivity contribution < 1.29 is 0 Å². The summed E-state index contributed by atoms with van der Waals surface area (Å²) < 4.78 is 0. The Morgan fingerprint density at radius 3 is 2.12 bits per heavy atom. The van der Waals surface area contributed by atoms with Crippen molar-refractivity contribution in [1.29, 1.82) is 0 Å². The van der Waals surface area contributed by atoms with Crippen LogP contribution in [0.3, 0.4) is 0 Å². The summed E-state index contributed by atoms with van der Waals surface area (Å²) in [5.74, 6) is 0.884. The van der Waals surface area contributed by atoms with E-state index in [2.05, 4.69) is 26.8 Å². The van der Waals surface area contributed by atoms with Crippen LogP contribution in [0.4, 0.5) is 5.95 Å². The average Bonchev–Trinajstić information content (AvgIpc) is 2.25. The van der Waals surface area contributed by atoms with Crippen molar-refractivity contribution in [3.63, 3.8) is 0 Å². The summed E-state index contributed by atoms with van der Waals surface area (Å²) in [5, 5.41) is 0. The van der Waals surface area contributed by atoms with Gasteiger partial charge in [-0.2, -0.15) is 0 Å². The van der Waals surface area contributed by atoms with E-state index in [9.17, 15) is 0 Å². The Bertz CT molecular complexity index is 312. The molecule has 0 saturated carbocycles. The van der Waals surface area contributed by atoms with E-state index >= 15 is 0 Å². The third-order valence-corrected chi connectivity index (χ3v) is 2.99. The first kappa shape index (κ1) is 11.3. The predicted molar refractivity (Wildman–Crippen MR) is 65.7 cm³/mol. The first-order valence-electron chi connectivity index (χ1n) is 5.98. The second kappa shape index (κ2) is 5.25. The number of aromatic nitrogens is 2. The van der Waals surface area contributed by atoms with E-state index in [1.54, 1.807) is 0 Å². The highest BCUT2D eigenvalue weighted by atomic mass is 15.3. The van der Waals surface area contributed by atoms with Crippen molar-refractivity contribution in [3.8, 4) is 0 Å². The molecule has 2 rings (SSSR count). The highest BCUT2D eigenvalue weighted by Gasteiger charge is 2.12. The molecule has 88 valence electrons. The van der Waals surface area contributed by atoms with Crippen LogP contribution < -0.4 is 4.90 Å². The maximum atomic E-state index is 4.39. The Labute approximate surface area is 97.3 Å². The van der Waals surface area contributed by atoms with Crippen molar-refractivity contribution in [2.24, 2.45) is 0 Å². The largest absolute Gasteiger partial charge is 0.341 e. The molecule has 0 amide bonds. The molecule has 0 spiro atoms. The number of nitrogens with zero attached hydrogens (tertiary/aromatic N) is 4. The second-order valence-electron chi connectivity index (χ2n) is 4.56. The van der Waals surface area contributed by atoms with E-state index in [-0.39, 0.29) is 0 Å². The first-order chi connectivity index (χ1) is 7.75. The third kappa shape index (κ3) is 2.92. The van der Waals surface area contributed by atoms with E-state index in [1.165, 1.54) is 25.9 Å². The number of hydrogen-bond acceptors (Lipinski definition) is 4. The van der Waals surface area contributed by atoms with E-state index in [4.69, 9.17) is 0 Å². The van der Waals surface area contributed by atoms with Crippen molar-refractivity contribution in [3.05, 3.63) is 18.0 Å². The normalized spacial score (nSPS) is 19.2. The van der Waals surface area contributed by atoms with Gasteiger partial charge in [0, 0.05) is 25.5 Å². The summed E-state index contributed by atoms with van der Waals surface area (Å²) in [6.07, 6.45) is 6.17. The zero-order valence-electron chi connectivity index (χ0n) is 10.2. The van der Waals surface area contributed by atoms with Gasteiger partial charge in [-0.25, -0.2) is 9.97 Å². The summed E-state index contributed by atoms with van der Waals surface area (Å²) in [6, 6.07) is 0. The molecule has 1 aromatic heterocycles. The molecule has 2 heterocycles. The Balaban J connectivity index is 2.00. The van der Waals surface area contributed by atoms with Crippen LogP contribution in [0.5, 0.6) is 0 Å². The predicted octanol–water partition coefficient (Wildman–Crippen LogP) is 1.32. The minimum absolute atomic E-state index is 0.884. The lowest BCUT2D eigenvalue weighted by atomic mass is 10.2. The molecule has 1 aliphatic rings. The molecule has 1 saturated heterocycles. The molecule has 4 nitrogen and oxygen atoms in total. The smallest absolute Gasteiger partial charge is 0.225 e. The van der Waals surface area contributed by atoms with Gasteiger partial charge in [0.25, 0.3) is 0 Å². The fourth-order valence-corrected chi connectivity index (χ4v) is 2.04. The van der Waals surface area contributed by atoms with Crippen molar-refractivity contribution in [2.45, 2.75) is 19.8 Å². The molecule has 16 heavy (non-hydrogen) atoms. The van der Waals surface area contributed by atoms with Gasteiger partial charge in [-0.05, 0) is 45.5 Å². The molecule has 0 atom stereocenters. The summed E-state index contributed by atoms with van der Waals surface area (Å²) in [4.78, 5) is 13.5. The molecule has 0 aromatic carbocycles. The van der Waals surface area contributed by atoms with Crippen LogP contribution in [-0.4, -0.2) is 48.1 Å². The second-order valence-corrected chi connectivity index (χ2v) is 4.56. The van der Waals surface area contributed by atoms with Gasteiger partial charge in [0.2, 0.25) is 5.95 Å². The van der Waals surface area contributed by atoms with Gasteiger partial charge in [0.1, 0.15) is 0 Å². The van der Waals surface area contributed by atoms with E-state index in [0.717, 1.165) is 24.6 Å². The van der Waals surface area contributed by atoms with E-state index in [1.807, 2.05) is 19.3 Å². The Kier molecular flexibility index (Phi) is 3.72. The maximum Gasteiger partial charge on any atom is 0.225 e. The average molecular weight is 220 g/mol. The molecule has 4 heteroatoms. The molecule has 0 radical (unpaired) electrons. The zero-order valence-corrected chi connectivity index (χ0v) is 10.2. The minimum Gasteiger partial charge on any atom is -0.341 e. The fraction of sp³-hybridized carbons (Fsp3) is 0.667. The lowest BCUT2D eigenvalue weighted by Crippen LogP contribution is -2.35. The topological polar surface area (TPSA) is 32.3 Å². The standard InChI is InChI=1S/C12H20N4/c1-11-9-13-12(14-10-11)16-7-3-5-15(2)6-4-8-16/h9-10H,3-8H2,1-2H3. The van der Waals surface area contributed by atoms with Crippen LogP contribution in [0.1, 0.15) is 18.4 Å². The van der Waals surface area contributed by atoms with Gasteiger partial charge in [-0.15, -0.1) is 0 Å². The molecule has 1 aliphatic heterocycles. The van der Waals surface area contributed by atoms with Gasteiger partial charge in [-0.1, -0.05) is 0 Å². The zero-order chi connectivity index (χ0) is 11.4. The van der Waals surface area contributed by atoms with Crippen LogP contribution in [0.2, 0.25) is 0 Å². The molecule has 0 bridgehead atoms.